The molecule has 0 aromatic heterocycles. The second-order valence-electron chi connectivity index (χ2n) is 3.04. The van der Waals surface area contributed by atoms with Crippen LogP contribution < -0.4 is 0 Å². The first-order chi connectivity index (χ1) is 6.49. The summed E-state index contributed by atoms with van der Waals surface area (Å²) >= 11 is 4.25. The summed E-state index contributed by atoms with van der Waals surface area (Å²) in [6.45, 7) is 1.71. The number of aromatic carboxylic acids is 1. The van der Waals surface area contributed by atoms with E-state index in [1.54, 1.807) is 25.1 Å². The molecule has 76 valence electrons. The molecule has 1 atom stereocenters. The normalized spacial score (nSPS) is 14.8. The zero-order valence-electron chi connectivity index (χ0n) is 8.02. The van der Waals surface area contributed by atoms with E-state index in [-0.39, 0.29) is 5.56 Å². The maximum absolute atomic E-state index is 10.9. The Kier molecular flexibility index (Phi) is 3.18. The number of rotatable bonds is 3. The van der Waals surface area contributed by atoms with Crippen molar-refractivity contribution in [3.63, 3.8) is 0 Å². The molecule has 0 bridgehead atoms. The molecule has 1 aromatic rings. The molecule has 3 nitrogen and oxygen atoms in total. The van der Waals surface area contributed by atoms with Crippen LogP contribution in [0.5, 0.6) is 0 Å². The Labute approximate surface area is 88.1 Å². The van der Waals surface area contributed by atoms with Gasteiger partial charge in [0.15, 0.2) is 0 Å². The largest absolute Gasteiger partial charge is 0.478 e. The van der Waals surface area contributed by atoms with Crippen molar-refractivity contribution in [1.82, 2.24) is 0 Å². The molecule has 0 heterocycles. The fraction of sp³-hybridized carbons (Fsp3) is 0.300. The van der Waals surface area contributed by atoms with Crippen LogP contribution in [0.25, 0.3) is 0 Å². The molecule has 0 aliphatic heterocycles. The number of carbonyl (C=O) groups is 1. The molecule has 0 saturated carbocycles. The molecular weight excluding hydrogens is 200 g/mol. The standard InChI is InChI=1S/C10H12O3S/c1-10(14,13-2)8-6-4-3-5-7(8)9(11)12/h3-6,14H,1-2H3,(H,11,12). The Hall–Kier alpha value is -1.00. The average molecular weight is 212 g/mol. The molecule has 14 heavy (non-hydrogen) atoms. The minimum atomic E-state index is -0.974. The van der Waals surface area contributed by atoms with Gasteiger partial charge in [0.25, 0.3) is 0 Å². The lowest BCUT2D eigenvalue weighted by molar-refractivity contribution is 0.0662. The SMILES string of the molecule is COC(C)(S)c1ccccc1C(=O)O. The second-order valence-corrected chi connectivity index (χ2v) is 3.89. The maximum Gasteiger partial charge on any atom is 0.336 e. The van der Waals surface area contributed by atoms with E-state index in [4.69, 9.17) is 9.84 Å². The van der Waals surface area contributed by atoms with Crippen LogP contribution >= 0.6 is 12.6 Å². The molecule has 0 aliphatic rings. The molecule has 1 unspecified atom stereocenters. The number of carboxylic acid groups (broad SMARTS) is 1. The quantitative estimate of drug-likeness (QED) is 0.596. The van der Waals surface area contributed by atoms with Crippen molar-refractivity contribution in [3.8, 4) is 0 Å². The van der Waals surface area contributed by atoms with E-state index in [1.165, 1.54) is 13.2 Å². The summed E-state index contributed by atoms with van der Waals surface area (Å²) in [6.07, 6.45) is 0. The minimum Gasteiger partial charge on any atom is -0.478 e. The van der Waals surface area contributed by atoms with Crippen LogP contribution in [0.3, 0.4) is 0 Å². The molecule has 4 heteroatoms. The Bertz CT molecular complexity index is 347. The number of methoxy groups -OCH3 is 1. The predicted octanol–water partition coefficient (Wildman–Crippen LogP) is 2.13. The molecule has 1 aromatic carbocycles. The Morgan fingerprint density at radius 2 is 2.07 bits per heavy atom. The van der Waals surface area contributed by atoms with Gasteiger partial charge in [-0.25, -0.2) is 4.79 Å². The van der Waals surface area contributed by atoms with Gasteiger partial charge in [-0.05, 0) is 13.0 Å². The van der Waals surface area contributed by atoms with Crippen molar-refractivity contribution in [1.29, 1.82) is 0 Å². The van der Waals surface area contributed by atoms with Gasteiger partial charge in [0, 0.05) is 12.7 Å². The van der Waals surface area contributed by atoms with Crippen LogP contribution in [-0.4, -0.2) is 18.2 Å². The van der Waals surface area contributed by atoms with Gasteiger partial charge < -0.3 is 9.84 Å². The van der Waals surface area contributed by atoms with Crippen LogP contribution in [0, 0.1) is 0 Å². The fourth-order valence-corrected chi connectivity index (χ4v) is 1.38. The van der Waals surface area contributed by atoms with Crippen molar-refractivity contribution in [2.75, 3.05) is 7.11 Å². The smallest absolute Gasteiger partial charge is 0.336 e. The van der Waals surface area contributed by atoms with Gasteiger partial charge >= 0.3 is 5.97 Å². The van der Waals surface area contributed by atoms with Gasteiger partial charge in [0.1, 0.15) is 4.93 Å². The van der Waals surface area contributed by atoms with Gasteiger partial charge in [0.2, 0.25) is 0 Å². The van der Waals surface area contributed by atoms with E-state index in [2.05, 4.69) is 12.6 Å². The summed E-state index contributed by atoms with van der Waals surface area (Å²) in [7, 11) is 1.49. The monoisotopic (exact) mass is 212 g/mol. The third-order valence-electron chi connectivity index (χ3n) is 2.05. The van der Waals surface area contributed by atoms with E-state index in [1.807, 2.05) is 0 Å². The van der Waals surface area contributed by atoms with E-state index in [0.29, 0.717) is 5.56 Å². The number of benzene rings is 1. The fourth-order valence-electron chi connectivity index (χ4n) is 1.18. The highest BCUT2D eigenvalue weighted by molar-refractivity contribution is 7.81. The Morgan fingerprint density at radius 1 is 1.50 bits per heavy atom. The number of carboxylic acids is 1. The first-order valence-corrected chi connectivity index (χ1v) is 4.54. The maximum atomic E-state index is 10.9. The van der Waals surface area contributed by atoms with E-state index in [0.717, 1.165) is 0 Å². The predicted molar refractivity (Wildman–Crippen MR) is 56.7 cm³/mol. The van der Waals surface area contributed by atoms with Crippen LogP contribution in [0.4, 0.5) is 0 Å². The van der Waals surface area contributed by atoms with Gasteiger partial charge in [0.05, 0.1) is 5.56 Å². The van der Waals surface area contributed by atoms with Crippen molar-refractivity contribution in [2.45, 2.75) is 11.9 Å². The lowest BCUT2D eigenvalue weighted by Crippen LogP contribution is -2.20. The van der Waals surface area contributed by atoms with Gasteiger partial charge in [-0.2, -0.15) is 0 Å². The summed E-state index contributed by atoms with van der Waals surface area (Å²) in [5.74, 6) is -0.974. The van der Waals surface area contributed by atoms with E-state index in [9.17, 15) is 4.79 Å². The zero-order chi connectivity index (χ0) is 10.8. The number of ether oxygens (including phenoxy) is 1. The summed E-state index contributed by atoms with van der Waals surface area (Å²) < 4.78 is 5.12. The van der Waals surface area contributed by atoms with E-state index >= 15 is 0 Å². The summed E-state index contributed by atoms with van der Waals surface area (Å²) in [5.41, 5.74) is 0.769. The number of thiol groups is 1. The van der Waals surface area contributed by atoms with Gasteiger partial charge in [-0.1, -0.05) is 18.2 Å². The highest BCUT2D eigenvalue weighted by atomic mass is 32.1. The lowest BCUT2D eigenvalue weighted by atomic mass is 10.0. The zero-order valence-corrected chi connectivity index (χ0v) is 8.91. The molecule has 0 aliphatic carbocycles. The number of hydrogen-bond acceptors (Lipinski definition) is 3. The summed E-state index contributed by atoms with van der Waals surface area (Å²) in [4.78, 5) is 10.0. The van der Waals surface area contributed by atoms with Crippen LogP contribution in [-0.2, 0) is 9.67 Å². The summed E-state index contributed by atoms with van der Waals surface area (Å²) in [5, 5.41) is 8.93. The second kappa shape index (κ2) is 4.02. The Morgan fingerprint density at radius 3 is 2.57 bits per heavy atom. The topological polar surface area (TPSA) is 46.5 Å². The van der Waals surface area contributed by atoms with Crippen molar-refractivity contribution < 1.29 is 14.6 Å². The number of hydrogen-bond donors (Lipinski definition) is 2. The van der Waals surface area contributed by atoms with Gasteiger partial charge in [-0.15, -0.1) is 12.6 Å². The molecule has 1 rings (SSSR count). The van der Waals surface area contributed by atoms with E-state index < -0.39 is 10.9 Å². The van der Waals surface area contributed by atoms with Crippen LogP contribution in [0.2, 0.25) is 0 Å². The third kappa shape index (κ3) is 2.08. The highest BCUT2D eigenvalue weighted by Crippen LogP contribution is 2.31. The molecule has 0 radical (unpaired) electrons. The average Bonchev–Trinajstić information content (AvgIpc) is 2.18. The molecule has 0 fully saturated rings. The summed E-state index contributed by atoms with van der Waals surface area (Å²) in [6, 6.07) is 6.66. The molecule has 1 N–H and O–H groups in total. The van der Waals surface area contributed by atoms with Gasteiger partial charge in [-0.3, -0.25) is 0 Å². The third-order valence-corrected chi connectivity index (χ3v) is 2.48. The molecule has 0 amide bonds. The lowest BCUT2D eigenvalue weighted by Gasteiger charge is -2.23. The Balaban J connectivity index is 3.27. The molecular formula is C10H12O3S. The van der Waals surface area contributed by atoms with Crippen molar-refractivity contribution in [2.24, 2.45) is 0 Å². The minimum absolute atomic E-state index is 0.215. The first-order valence-electron chi connectivity index (χ1n) is 4.09. The molecule has 0 spiro atoms. The molecule has 0 saturated heterocycles. The van der Waals surface area contributed by atoms with Crippen LogP contribution in [0.15, 0.2) is 24.3 Å². The first kappa shape index (κ1) is 11.1. The van der Waals surface area contributed by atoms with Crippen molar-refractivity contribution >= 4 is 18.6 Å². The van der Waals surface area contributed by atoms with Crippen LogP contribution in [0.1, 0.15) is 22.8 Å². The van der Waals surface area contributed by atoms with Crippen molar-refractivity contribution in [3.05, 3.63) is 35.4 Å². The highest BCUT2D eigenvalue weighted by Gasteiger charge is 2.25.